The van der Waals surface area contributed by atoms with Crippen molar-refractivity contribution < 1.29 is 4.79 Å². The molecule has 0 saturated heterocycles. The molecule has 0 fully saturated rings. The van der Waals surface area contributed by atoms with Crippen LogP contribution in [0.5, 0.6) is 0 Å². The number of hydrogen-bond donors (Lipinski definition) is 1. The topological polar surface area (TPSA) is 88.1 Å². The molecule has 0 unspecified atom stereocenters. The molecule has 3 aromatic heterocycles. The Morgan fingerprint density at radius 2 is 2.03 bits per heavy atom. The Bertz CT molecular complexity index is 1420. The highest BCUT2D eigenvalue weighted by Gasteiger charge is 2.33. The van der Waals surface area contributed by atoms with Crippen molar-refractivity contribution in [2.45, 2.75) is 32.4 Å². The molecular formula is C24H22N4O3S. The zero-order valence-corrected chi connectivity index (χ0v) is 18.4. The molecule has 0 saturated carbocycles. The molecule has 1 aliphatic rings. The SMILES string of the molecule is CCCn1c(=O)[nH]c(=O)c2cc(C(=O)N3CCc4sccc4[C@H]3c3ccccc3)cnc21. The predicted octanol–water partition coefficient (Wildman–Crippen LogP) is 3.34. The summed E-state index contributed by atoms with van der Waals surface area (Å²) in [6, 6.07) is 13.4. The van der Waals surface area contributed by atoms with E-state index in [0.717, 1.165) is 24.0 Å². The molecule has 0 spiro atoms. The molecule has 5 rings (SSSR count). The van der Waals surface area contributed by atoms with E-state index in [1.165, 1.54) is 15.6 Å². The summed E-state index contributed by atoms with van der Waals surface area (Å²) >= 11 is 1.72. The second kappa shape index (κ2) is 8.20. The van der Waals surface area contributed by atoms with Crippen LogP contribution in [0.2, 0.25) is 0 Å². The lowest BCUT2D eigenvalue weighted by Gasteiger charge is -2.36. The van der Waals surface area contributed by atoms with E-state index in [1.54, 1.807) is 17.4 Å². The maximum atomic E-state index is 13.7. The quantitative estimate of drug-likeness (QED) is 0.521. The Labute approximate surface area is 188 Å². The lowest BCUT2D eigenvalue weighted by atomic mass is 9.92. The van der Waals surface area contributed by atoms with Gasteiger partial charge in [0.1, 0.15) is 5.65 Å². The molecule has 1 aliphatic heterocycles. The number of H-pyrrole nitrogens is 1. The highest BCUT2D eigenvalue weighted by atomic mass is 32.1. The summed E-state index contributed by atoms with van der Waals surface area (Å²) in [6.07, 6.45) is 2.99. The number of nitrogens with zero attached hydrogens (tertiary/aromatic N) is 3. The number of aromatic amines is 1. The Morgan fingerprint density at radius 1 is 1.22 bits per heavy atom. The first kappa shape index (κ1) is 20.4. The van der Waals surface area contributed by atoms with Gasteiger partial charge in [-0.15, -0.1) is 11.3 Å². The molecule has 0 bridgehead atoms. The molecule has 7 nitrogen and oxygen atoms in total. The number of carbonyl (C=O) groups excluding carboxylic acids is 1. The number of nitrogens with one attached hydrogen (secondary N) is 1. The van der Waals surface area contributed by atoms with E-state index in [0.29, 0.717) is 24.3 Å². The van der Waals surface area contributed by atoms with E-state index in [-0.39, 0.29) is 17.3 Å². The van der Waals surface area contributed by atoms with E-state index in [4.69, 9.17) is 0 Å². The van der Waals surface area contributed by atoms with Crippen LogP contribution in [-0.4, -0.2) is 31.9 Å². The highest BCUT2D eigenvalue weighted by molar-refractivity contribution is 7.10. The highest BCUT2D eigenvalue weighted by Crippen LogP contribution is 2.38. The van der Waals surface area contributed by atoms with Gasteiger partial charge in [0.15, 0.2) is 0 Å². The number of aryl methyl sites for hydroxylation is 1. The van der Waals surface area contributed by atoms with E-state index in [9.17, 15) is 14.4 Å². The van der Waals surface area contributed by atoms with Gasteiger partial charge in [-0.05, 0) is 41.5 Å². The second-order valence-electron chi connectivity index (χ2n) is 7.87. The number of thiophene rings is 1. The molecular weight excluding hydrogens is 424 g/mol. The average Bonchev–Trinajstić information content (AvgIpc) is 3.30. The summed E-state index contributed by atoms with van der Waals surface area (Å²) in [7, 11) is 0. The zero-order chi connectivity index (χ0) is 22.2. The van der Waals surface area contributed by atoms with Crippen molar-refractivity contribution in [2.24, 2.45) is 0 Å². The van der Waals surface area contributed by atoms with Crippen molar-refractivity contribution in [2.75, 3.05) is 6.54 Å². The fourth-order valence-corrected chi connectivity index (χ4v) is 5.32. The predicted molar refractivity (Wildman–Crippen MR) is 124 cm³/mol. The fourth-order valence-electron chi connectivity index (χ4n) is 4.41. The third-order valence-corrected chi connectivity index (χ3v) is 6.87. The van der Waals surface area contributed by atoms with E-state index in [1.807, 2.05) is 42.2 Å². The Balaban J connectivity index is 1.60. The summed E-state index contributed by atoms with van der Waals surface area (Å²) in [4.78, 5) is 48.2. The minimum absolute atomic E-state index is 0.183. The summed E-state index contributed by atoms with van der Waals surface area (Å²) in [5.41, 5.74) is 1.81. The molecule has 4 heterocycles. The third-order valence-electron chi connectivity index (χ3n) is 5.87. The maximum absolute atomic E-state index is 13.7. The molecule has 1 N–H and O–H groups in total. The van der Waals surface area contributed by atoms with Gasteiger partial charge in [-0.1, -0.05) is 37.3 Å². The van der Waals surface area contributed by atoms with Crippen LogP contribution in [0.3, 0.4) is 0 Å². The number of rotatable bonds is 4. The fraction of sp³-hybridized carbons (Fsp3) is 0.250. The zero-order valence-electron chi connectivity index (χ0n) is 17.6. The Kier molecular flexibility index (Phi) is 5.22. The standard InChI is InChI=1S/C24H22N4O3S/c1-2-10-28-21-18(22(29)26-24(28)31)13-16(14-25-21)23(30)27-11-8-19-17(9-12-32-19)20(27)15-6-4-3-5-7-15/h3-7,9,12-14,20H,2,8,10-11H2,1H3,(H,26,29,31)/t20-/m1/s1. The van der Waals surface area contributed by atoms with Crippen LogP contribution in [0.25, 0.3) is 11.0 Å². The van der Waals surface area contributed by atoms with Gasteiger partial charge >= 0.3 is 5.69 Å². The normalized spacial score (nSPS) is 15.7. The van der Waals surface area contributed by atoms with Crippen molar-refractivity contribution in [3.63, 3.8) is 0 Å². The third kappa shape index (κ3) is 3.36. The van der Waals surface area contributed by atoms with Crippen LogP contribution in [0.15, 0.2) is 63.6 Å². The molecule has 0 aliphatic carbocycles. The van der Waals surface area contributed by atoms with Crippen LogP contribution in [0, 0.1) is 0 Å². The average molecular weight is 447 g/mol. The summed E-state index contributed by atoms with van der Waals surface area (Å²) < 4.78 is 1.44. The van der Waals surface area contributed by atoms with E-state index >= 15 is 0 Å². The lowest BCUT2D eigenvalue weighted by Crippen LogP contribution is -2.40. The van der Waals surface area contributed by atoms with Gasteiger partial charge in [0.05, 0.1) is 17.0 Å². The van der Waals surface area contributed by atoms with Crippen molar-refractivity contribution in [3.8, 4) is 0 Å². The van der Waals surface area contributed by atoms with Crippen LogP contribution in [-0.2, 0) is 13.0 Å². The number of benzene rings is 1. The van der Waals surface area contributed by atoms with Crippen molar-refractivity contribution in [3.05, 3.63) is 96.4 Å². The molecule has 0 radical (unpaired) electrons. The van der Waals surface area contributed by atoms with Gasteiger partial charge in [-0.25, -0.2) is 9.78 Å². The summed E-state index contributed by atoms with van der Waals surface area (Å²) in [5.74, 6) is -0.183. The van der Waals surface area contributed by atoms with Gasteiger partial charge in [0.25, 0.3) is 11.5 Å². The largest absolute Gasteiger partial charge is 0.329 e. The van der Waals surface area contributed by atoms with Crippen molar-refractivity contribution >= 4 is 28.3 Å². The molecule has 1 atom stereocenters. The first-order valence-electron chi connectivity index (χ1n) is 10.6. The number of carbonyl (C=O) groups is 1. The number of aromatic nitrogens is 3. The number of fused-ring (bicyclic) bond motifs is 2. The van der Waals surface area contributed by atoms with Crippen molar-refractivity contribution in [1.82, 2.24) is 19.4 Å². The minimum atomic E-state index is -0.530. The molecule has 162 valence electrons. The van der Waals surface area contributed by atoms with Gasteiger partial charge in [0, 0.05) is 24.2 Å². The van der Waals surface area contributed by atoms with Crippen LogP contribution < -0.4 is 11.2 Å². The molecule has 32 heavy (non-hydrogen) atoms. The lowest BCUT2D eigenvalue weighted by molar-refractivity contribution is 0.0696. The number of amides is 1. The van der Waals surface area contributed by atoms with E-state index < -0.39 is 11.2 Å². The van der Waals surface area contributed by atoms with Gasteiger partial charge in [0.2, 0.25) is 0 Å². The second-order valence-corrected chi connectivity index (χ2v) is 8.87. The Hall–Kier alpha value is -3.52. The van der Waals surface area contributed by atoms with Gasteiger partial charge in [-0.2, -0.15) is 0 Å². The summed E-state index contributed by atoms with van der Waals surface area (Å²) in [5, 5.41) is 2.31. The first-order chi connectivity index (χ1) is 15.6. The van der Waals surface area contributed by atoms with Crippen LogP contribution in [0.4, 0.5) is 0 Å². The number of hydrogen-bond acceptors (Lipinski definition) is 5. The van der Waals surface area contributed by atoms with Crippen LogP contribution >= 0.6 is 11.3 Å². The summed E-state index contributed by atoms with van der Waals surface area (Å²) in [6.45, 7) is 2.96. The van der Waals surface area contributed by atoms with Gasteiger partial charge < -0.3 is 4.90 Å². The van der Waals surface area contributed by atoms with Crippen LogP contribution in [0.1, 0.15) is 45.7 Å². The molecule has 4 aromatic rings. The first-order valence-corrected chi connectivity index (χ1v) is 11.5. The maximum Gasteiger partial charge on any atom is 0.329 e. The Morgan fingerprint density at radius 3 is 2.81 bits per heavy atom. The van der Waals surface area contributed by atoms with Crippen molar-refractivity contribution in [1.29, 1.82) is 0 Å². The van der Waals surface area contributed by atoms with E-state index in [2.05, 4.69) is 21.4 Å². The molecule has 1 aromatic carbocycles. The monoisotopic (exact) mass is 446 g/mol. The smallest absolute Gasteiger partial charge is 0.327 e. The minimum Gasteiger partial charge on any atom is -0.327 e. The van der Waals surface area contributed by atoms with Gasteiger partial charge in [-0.3, -0.25) is 19.1 Å². The molecule has 8 heteroatoms. The number of pyridine rings is 1. The molecule has 1 amide bonds.